The van der Waals surface area contributed by atoms with Crippen LogP contribution in [0.4, 0.5) is 0 Å². The summed E-state index contributed by atoms with van der Waals surface area (Å²) in [5.74, 6) is 0. The van der Waals surface area contributed by atoms with Gasteiger partial charge in [0.05, 0.1) is 0 Å². The molecule has 0 N–H and O–H groups in total. The summed E-state index contributed by atoms with van der Waals surface area (Å²) in [4.78, 5) is 8.69. The third-order valence-corrected chi connectivity index (χ3v) is 9.21. The van der Waals surface area contributed by atoms with E-state index in [1.54, 1.807) is 11.3 Å². The quantitative estimate of drug-likeness (QED) is 0.495. The number of thiophene rings is 1. The van der Waals surface area contributed by atoms with E-state index < -0.39 is 0 Å². The third-order valence-electron chi connectivity index (χ3n) is 5.67. The van der Waals surface area contributed by atoms with Crippen LogP contribution >= 0.6 is 11.3 Å². The fourth-order valence-corrected chi connectivity index (χ4v) is 7.47. The van der Waals surface area contributed by atoms with Crippen molar-refractivity contribution in [2.75, 3.05) is 18.8 Å². The van der Waals surface area contributed by atoms with Crippen LogP contribution in [-0.4, -0.2) is 48.4 Å². The maximum absolute atomic E-state index is 10.2. The number of benzene rings is 2. The minimum absolute atomic E-state index is 0.0546. The van der Waals surface area contributed by atoms with E-state index in [0.29, 0.717) is 0 Å². The molecule has 3 aromatic rings. The predicted molar refractivity (Wildman–Crippen MR) is 126 cm³/mol. The van der Waals surface area contributed by atoms with E-state index >= 15 is 0 Å². The number of hydrogen-bond acceptors (Lipinski definition) is 5. The Bertz CT molecular complexity index is 1080. The molecule has 0 aliphatic carbocycles. The van der Waals surface area contributed by atoms with Crippen molar-refractivity contribution in [2.45, 2.75) is 19.1 Å². The molecule has 1 aromatic heterocycles. The van der Waals surface area contributed by atoms with Crippen LogP contribution in [0.15, 0.2) is 88.3 Å². The summed E-state index contributed by atoms with van der Waals surface area (Å²) in [6.07, 6.45) is 0. The first kappa shape index (κ1) is 20.5. The van der Waals surface area contributed by atoms with Crippen LogP contribution in [-0.2, 0) is 13.1 Å². The molecule has 0 spiro atoms. The number of fused-ring (bicyclic) bond motifs is 1. The van der Waals surface area contributed by atoms with Crippen molar-refractivity contribution in [3.8, 4) is 6.07 Å². The fourth-order valence-electron chi connectivity index (χ4n) is 4.32. The molecule has 156 valence electrons. The molecule has 4 nitrogen and oxygen atoms in total. The molecule has 3 heterocycles. The zero-order valence-electron chi connectivity index (χ0n) is 17.2. The van der Waals surface area contributed by atoms with E-state index in [9.17, 15) is 5.26 Å². The molecule has 6 heteroatoms. The average Bonchev–Trinajstić information content (AvgIpc) is 3.34. The van der Waals surface area contributed by atoms with E-state index in [4.69, 9.17) is 0 Å². The summed E-state index contributed by atoms with van der Waals surface area (Å²) < 4.78 is 1.29. The van der Waals surface area contributed by atoms with E-state index in [1.165, 1.54) is 20.6 Å². The molecule has 1 saturated heterocycles. The van der Waals surface area contributed by atoms with Gasteiger partial charge in [0.2, 0.25) is 0 Å². The molecule has 0 bridgehead atoms. The number of hydrogen-bond donors (Lipinski definition) is 0. The second-order valence-corrected chi connectivity index (χ2v) is 10.8. The Hall–Kier alpha value is -2.39. The summed E-state index contributed by atoms with van der Waals surface area (Å²) in [6.45, 7) is 3.52. The summed E-state index contributed by atoms with van der Waals surface area (Å²) in [5.41, 5.74) is 4.63. The van der Waals surface area contributed by atoms with Gasteiger partial charge in [-0.25, -0.2) is 0 Å². The normalized spacial score (nSPS) is 19.8. The molecule has 5 rings (SSSR count). The predicted octanol–water partition coefficient (Wildman–Crippen LogP) is 4.43. The Morgan fingerprint density at radius 1 is 0.903 bits per heavy atom. The van der Waals surface area contributed by atoms with Gasteiger partial charge < -0.3 is 0 Å². The molecular formula is C25H24N4SSe. The van der Waals surface area contributed by atoms with Crippen LogP contribution < -0.4 is 0 Å². The van der Waals surface area contributed by atoms with Crippen molar-refractivity contribution in [1.82, 2.24) is 14.7 Å². The minimum atomic E-state index is 0.0546. The van der Waals surface area contributed by atoms with Crippen molar-refractivity contribution < 1.29 is 0 Å². The molecule has 0 saturated carbocycles. The van der Waals surface area contributed by atoms with Gasteiger partial charge in [-0.05, 0) is 0 Å². The maximum atomic E-state index is 10.2. The molecule has 31 heavy (non-hydrogen) atoms. The van der Waals surface area contributed by atoms with Crippen molar-refractivity contribution in [3.63, 3.8) is 0 Å². The van der Waals surface area contributed by atoms with Gasteiger partial charge in [-0.15, -0.1) is 0 Å². The molecule has 2 aliphatic heterocycles. The zero-order chi connectivity index (χ0) is 21.0. The number of nitriles is 1. The Morgan fingerprint density at radius 3 is 2.26 bits per heavy atom. The van der Waals surface area contributed by atoms with Crippen LogP contribution in [0.25, 0.3) is 0 Å². The second kappa shape index (κ2) is 9.40. The number of rotatable bonds is 5. The van der Waals surface area contributed by atoms with Gasteiger partial charge >= 0.3 is 195 Å². The van der Waals surface area contributed by atoms with Crippen LogP contribution in [0.1, 0.15) is 22.0 Å². The van der Waals surface area contributed by atoms with Crippen LogP contribution in [0.5, 0.6) is 0 Å². The van der Waals surface area contributed by atoms with Crippen molar-refractivity contribution in [2.24, 2.45) is 0 Å². The molecule has 1 unspecified atom stereocenters. The molecular weight excluding hydrogens is 467 g/mol. The molecule has 2 aliphatic rings. The first-order valence-corrected chi connectivity index (χ1v) is 13.4. The summed E-state index contributed by atoms with van der Waals surface area (Å²) in [5, 5.41) is 12.3. The van der Waals surface area contributed by atoms with Crippen LogP contribution in [0.3, 0.4) is 0 Å². The SMILES string of the molecule is N#CC1=C2[Se]CN(Cc3ccccc3)CN2CN(Cc2ccccc2)C1c1cccs1. The molecule has 2 aromatic carbocycles. The van der Waals surface area contributed by atoms with E-state index in [1.807, 2.05) is 0 Å². The van der Waals surface area contributed by atoms with E-state index in [0.717, 1.165) is 37.4 Å². The first-order chi connectivity index (χ1) is 15.3. The Labute approximate surface area is 194 Å². The zero-order valence-corrected chi connectivity index (χ0v) is 19.8. The molecule has 1 atom stereocenters. The van der Waals surface area contributed by atoms with Crippen molar-refractivity contribution >= 4 is 26.3 Å². The summed E-state index contributed by atoms with van der Waals surface area (Å²) >= 11 is 2.03. The first-order valence-electron chi connectivity index (χ1n) is 10.4. The molecule has 1 fully saturated rings. The van der Waals surface area contributed by atoms with Crippen molar-refractivity contribution in [1.29, 1.82) is 5.26 Å². The fraction of sp³-hybridized carbons (Fsp3) is 0.240. The van der Waals surface area contributed by atoms with Crippen LogP contribution in [0, 0.1) is 11.3 Å². The van der Waals surface area contributed by atoms with Gasteiger partial charge in [0.15, 0.2) is 0 Å². The van der Waals surface area contributed by atoms with Gasteiger partial charge in [0.1, 0.15) is 0 Å². The number of nitrogens with zero attached hydrogens (tertiary/aromatic N) is 4. The van der Waals surface area contributed by atoms with E-state index in [2.05, 4.69) is 98.9 Å². The topological polar surface area (TPSA) is 33.5 Å². The molecule has 0 amide bonds. The van der Waals surface area contributed by atoms with Crippen molar-refractivity contribution in [3.05, 3.63) is 104 Å². The van der Waals surface area contributed by atoms with Gasteiger partial charge in [-0.2, -0.15) is 0 Å². The standard InChI is InChI=1S/C25H24N4SSe/c26-14-22-24(23-12-7-13-30-23)28(16-21-10-5-2-6-11-21)18-29-17-27(19-31-25(22)29)15-20-8-3-1-4-9-20/h1-13,24H,15-19H2. The second-order valence-electron chi connectivity index (χ2n) is 7.89. The van der Waals surface area contributed by atoms with Crippen LogP contribution in [0.2, 0.25) is 0 Å². The Morgan fingerprint density at radius 2 is 1.61 bits per heavy atom. The average molecular weight is 492 g/mol. The third kappa shape index (κ3) is 4.48. The van der Waals surface area contributed by atoms with Gasteiger partial charge in [0.25, 0.3) is 0 Å². The van der Waals surface area contributed by atoms with Gasteiger partial charge in [0, 0.05) is 0 Å². The van der Waals surface area contributed by atoms with E-state index in [-0.39, 0.29) is 21.0 Å². The Balaban J connectivity index is 1.44. The summed E-state index contributed by atoms with van der Waals surface area (Å²) in [6, 6.07) is 28.2. The van der Waals surface area contributed by atoms with Gasteiger partial charge in [-0.1, -0.05) is 0 Å². The molecule has 0 radical (unpaired) electrons. The van der Waals surface area contributed by atoms with Gasteiger partial charge in [-0.3, -0.25) is 0 Å². The monoisotopic (exact) mass is 492 g/mol. The summed E-state index contributed by atoms with van der Waals surface area (Å²) in [7, 11) is 0. The Kier molecular flexibility index (Phi) is 6.22.